The van der Waals surface area contributed by atoms with Crippen LogP contribution in [-0.4, -0.2) is 41.2 Å². The van der Waals surface area contributed by atoms with Gasteiger partial charge in [0.15, 0.2) is 5.95 Å². The lowest BCUT2D eigenvalue weighted by Gasteiger charge is -2.25. The van der Waals surface area contributed by atoms with Gasteiger partial charge < -0.3 is 14.4 Å². The minimum absolute atomic E-state index is 0.0617. The standard InChI is InChI=1S/C23H22N4O5/c1-31-18-11-9-16(10-12-18)26-21(28)13-19(22(26)29)25(15-7-8-15)14-20-23(30)32-24-27(20)17-5-3-2-4-6-17/h2-6,9-12,15,19H,7-8,13-14H2,1H3. The number of carbonyl (C=O) groups is 2. The van der Waals surface area contributed by atoms with Crippen molar-refractivity contribution >= 4 is 17.5 Å². The van der Waals surface area contributed by atoms with E-state index < -0.39 is 12.0 Å². The van der Waals surface area contributed by atoms with Gasteiger partial charge in [0.1, 0.15) is 5.75 Å². The van der Waals surface area contributed by atoms with Gasteiger partial charge in [0.2, 0.25) is 11.6 Å². The molecule has 5 rings (SSSR count). The molecule has 164 valence electrons. The molecule has 3 aromatic rings. The topological polar surface area (TPSA) is 103 Å². The van der Waals surface area contributed by atoms with E-state index in [2.05, 4.69) is 5.27 Å². The molecule has 9 nitrogen and oxygen atoms in total. The van der Waals surface area contributed by atoms with Crippen LogP contribution < -0.4 is 19.4 Å². The van der Waals surface area contributed by atoms with Crippen LogP contribution in [0.3, 0.4) is 0 Å². The maximum Gasteiger partial charge on any atom is 0.254 e. The monoisotopic (exact) mass is 434 g/mol. The van der Waals surface area contributed by atoms with E-state index in [4.69, 9.17) is 9.26 Å². The molecule has 1 saturated carbocycles. The summed E-state index contributed by atoms with van der Waals surface area (Å²) in [6.07, 6.45) is 1.88. The van der Waals surface area contributed by atoms with Crippen LogP contribution in [0.1, 0.15) is 25.0 Å². The van der Waals surface area contributed by atoms with Crippen molar-refractivity contribution in [2.75, 3.05) is 12.0 Å². The molecule has 1 atom stereocenters. The van der Waals surface area contributed by atoms with E-state index in [1.165, 1.54) is 9.58 Å². The smallest absolute Gasteiger partial charge is 0.254 e. The molecule has 1 aliphatic heterocycles. The number of ether oxygens (including phenoxy) is 1. The van der Waals surface area contributed by atoms with E-state index in [1.54, 1.807) is 31.4 Å². The van der Waals surface area contributed by atoms with Crippen LogP contribution in [0.2, 0.25) is 0 Å². The molecule has 2 heterocycles. The third-order valence-electron chi connectivity index (χ3n) is 5.90. The largest absolute Gasteiger partial charge is 0.539 e. The number of amides is 2. The maximum absolute atomic E-state index is 13.3. The number of hydrogen-bond acceptors (Lipinski definition) is 7. The van der Waals surface area contributed by atoms with Crippen LogP contribution in [0.15, 0.2) is 59.1 Å². The molecule has 2 aromatic carbocycles. The highest BCUT2D eigenvalue weighted by Gasteiger charge is 2.48. The van der Waals surface area contributed by atoms with Crippen LogP contribution in [0.25, 0.3) is 5.69 Å². The summed E-state index contributed by atoms with van der Waals surface area (Å²) in [7, 11) is 1.56. The summed E-state index contributed by atoms with van der Waals surface area (Å²) in [6.45, 7) is 0.169. The fraction of sp³-hybridized carbons (Fsp3) is 0.304. The van der Waals surface area contributed by atoms with Gasteiger partial charge in [0.05, 0.1) is 37.1 Å². The second-order valence-corrected chi connectivity index (χ2v) is 7.94. The van der Waals surface area contributed by atoms with Gasteiger partial charge in [-0.25, -0.2) is 4.90 Å². The molecule has 1 unspecified atom stereocenters. The Balaban J connectivity index is 1.43. The van der Waals surface area contributed by atoms with Crippen molar-refractivity contribution in [1.82, 2.24) is 10.2 Å². The lowest BCUT2D eigenvalue weighted by atomic mass is 10.2. The van der Waals surface area contributed by atoms with Crippen LogP contribution in [0, 0.1) is 0 Å². The molecule has 0 bridgehead atoms. The van der Waals surface area contributed by atoms with Gasteiger partial charge >= 0.3 is 0 Å². The molecule has 2 fully saturated rings. The van der Waals surface area contributed by atoms with Gasteiger partial charge in [-0.1, -0.05) is 18.2 Å². The van der Waals surface area contributed by atoms with Crippen molar-refractivity contribution in [2.45, 2.75) is 37.9 Å². The highest BCUT2D eigenvalue weighted by atomic mass is 16.6. The van der Waals surface area contributed by atoms with Gasteiger partial charge in [-0.3, -0.25) is 14.5 Å². The molecule has 2 aliphatic rings. The predicted molar refractivity (Wildman–Crippen MR) is 110 cm³/mol. The zero-order chi connectivity index (χ0) is 22.2. The average molecular weight is 434 g/mol. The second-order valence-electron chi connectivity index (χ2n) is 7.94. The van der Waals surface area contributed by atoms with Crippen molar-refractivity contribution in [3.8, 4) is 17.4 Å². The first kappa shape index (κ1) is 20.2. The minimum Gasteiger partial charge on any atom is -0.539 e. The lowest BCUT2D eigenvalue weighted by Crippen LogP contribution is -2.46. The van der Waals surface area contributed by atoms with Crippen molar-refractivity contribution in [2.24, 2.45) is 0 Å². The van der Waals surface area contributed by atoms with E-state index in [0.717, 1.165) is 12.8 Å². The molecule has 0 radical (unpaired) electrons. The van der Waals surface area contributed by atoms with Gasteiger partial charge in [-0.05, 0) is 41.8 Å². The van der Waals surface area contributed by atoms with Crippen molar-refractivity contribution in [1.29, 1.82) is 0 Å². The number of rotatable bonds is 7. The quantitative estimate of drug-likeness (QED) is 0.408. The molecule has 1 aromatic heterocycles. The fourth-order valence-electron chi connectivity index (χ4n) is 4.12. The number of carbonyl (C=O) groups excluding carboxylic acids is 2. The molecule has 0 spiro atoms. The summed E-state index contributed by atoms with van der Waals surface area (Å²) in [5, 5.41) is 16.3. The first-order chi connectivity index (χ1) is 15.6. The third kappa shape index (κ3) is 3.60. The van der Waals surface area contributed by atoms with E-state index >= 15 is 0 Å². The van der Waals surface area contributed by atoms with Crippen molar-refractivity contribution in [3.05, 3.63) is 60.3 Å². The maximum atomic E-state index is 13.3. The van der Waals surface area contributed by atoms with E-state index in [0.29, 0.717) is 22.8 Å². The van der Waals surface area contributed by atoms with Gasteiger partial charge in [0, 0.05) is 18.2 Å². The normalized spacial score (nSPS) is 18.6. The Labute approximate surface area is 184 Å². The molecular formula is C23H22N4O5. The van der Waals surface area contributed by atoms with E-state index in [9.17, 15) is 14.7 Å². The Morgan fingerprint density at radius 1 is 1.16 bits per heavy atom. The van der Waals surface area contributed by atoms with Crippen molar-refractivity contribution in [3.63, 3.8) is 0 Å². The Kier molecular flexibility index (Phi) is 5.10. The number of aromatic nitrogens is 2. The molecular weight excluding hydrogens is 412 g/mol. The number of para-hydroxylation sites is 1. The average Bonchev–Trinajstić information content (AvgIpc) is 3.53. The predicted octanol–water partition coefficient (Wildman–Crippen LogP) is 1.33. The Bertz CT molecular complexity index is 1140. The fourth-order valence-corrected chi connectivity index (χ4v) is 4.12. The Hall–Kier alpha value is -3.72. The molecule has 0 N–H and O–H groups in total. The summed E-state index contributed by atoms with van der Waals surface area (Å²) >= 11 is 0. The number of benzene rings is 2. The number of hydrogen-bond donors (Lipinski definition) is 0. The minimum atomic E-state index is -0.643. The van der Waals surface area contributed by atoms with Gasteiger partial charge in [-0.2, -0.15) is 0 Å². The summed E-state index contributed by atoms with van der Waals surface area (Å²) < 4.78 is 11.5. The van der Waals surface area contributed by atoms with E-state index in [-0.39, 0.29) is 30.8 Å². The van der Waals surface area contributed by atoms with Crippen LogP contribution in [0.5, 0.6) is 11.7 Å². The molecule has 9 heteroatoms. The number of methoxy groups -OCH3 is 1. The van der Waals surface area contributed by atoms with Crippen LogP contribution >= 0.6 is 0 Å². The third-order valence-corrected chi connectivity index (χ3v) is 5.90. The molecule has 2 amide bonds. The number of nitrogens with zero attached hydrogens (tertiary/aromatic N) is 4. The van der Waals surface area contributed by atoms with Crippen LogP contribution in [-0.2, 0) is 16.1 Å². The number of imide groups is 1. The van der Waals surface area contributed by atoms with Crippen molar-refractivity contribution < 1.29 is 28.6 Å². The van der Waals surface area contributed by atoms with Crippen LogP contribution in [0.4, 0.5) is 5.69 Å². The SMILES string of the molecule is COc1ccc(N2C(=O)CC(N(Cc3c([O-])on[n+]3-c3ccccc3)C3CC3)C2=O)cc1. The highest BCUT2D eigenvalue weighted by molar-refractivity contribution is 6.22. The summed E-state index contributed by atoms with van der Waals surface area (Å²) in [6, 6.07) is 15.5. The summed E-state index contributed by atoms with van der Waals surface area (Å²) in [5.41, 5.74) is 1.52. The zero-order valence-corrected chi connectivity index (χ0v) is 17.5. The lowest BCUT2D eigenvalue weighted by molar-refractivity contribution is -0.678. The molecule has 1 aliphatic carbocycles. The Morgan fingerprint density at radius 2 is 1.88 bits per heavy atom. The van der Waals surface area contributed by atoms with Gasteiger partial charge in [-0.15, -0.1) is 0 Å². The summed E-state index contributed by atoms with van der Waals surface area (Å²) in [5.74, 6) is -0.463. The second kappa shape index (κ2) is 8.08. The molecule has 32 heavy (non-hydrogen) atoms. The first-order valence-electron chi connectivity index (χ1n) is 10.5. The van der Waals surface area contributed by atoms with E-state index in [1.807, 2.05) is 35.2 Å². The zero-order valence-electron chi connectivity index (χ0n) is 17.5. The van der Waals surface area contributed by atoms with Gasteiger partial charge in [0.25, 0.3) is 11.6 Å². The number of anilines is 1. The highest BCUT2D eigenvalue weighted by Crippen LogP contribution is 2.35. The summed E-state index contributed by atoms with van der Waals surface area (Å²) in [4.78, 5) is 29.3. The molecule has 1 saturated heterocycles. The Morgan fingerprint density at radius 3 is 2.53 bits per heavy atom. The first-order valence-corrected chi connectivity index (χ1v) is 10.5.